The van der Waals surface area contributed by atoms with Gasteiger partial charge in [-0.3, -0.25) is 4.79 Å². The number of benzene rings is 1. The lowest BCUT2D eigenvalue weighted by atomic mass is 9.92. The fraction of sp³-hybridized carbons (Fsp3) is 0.500. The molecule has 2 aromatic rings. The minimum absolute atomic E-state index is 0.000329. The first-order valence-corrected chi connectivity index (χ1v) is 9.55. The van der Waals surface area contributed by atoms with Gasteiger partial charge in [-0.05, 0) is 50.6 Å². The number of nitrogens with two attached hydrogens (primary N) is 1. The maximum atomic E-state index is 15.0. The number of aromatic nitrogens is 1. The lowest BCUT2D eigenvalue weighted by Gasteiger charge is -2.20. The van der Waals surface area contributed by atoms with Gasteiger partial charge in [-0.15, -0.1) is 0 Å². The van der Waals surface area contributed by atoms with Gasteiger partial charge < -0.3 is 20.7 Å². The highest BCUT2D eigenvalue weighted by atomic mass is 19.1. The molecule has 0 bridgehead atoms. The van der Waals surface area contributed by atoms with Crippen LogP contribution in [-0.4, -0.2) is 28.2 Å². The number of nitrogen functional groups attached to an aromatic ring is 1. The number of hydrogen-bond acceptors (Lipinski definition) is 4. The van der Waals surface area contributed by atoms with Crippen molar-refractivity contribution < 1.29 is 14.3 Å². The highest BCUT2D eigenvalue weighted by Gasteiger charge is 2.33. The number of aromatic carboxylic acids is 1. The molecule has 2 fully saturated rings. The number of rotatable bonds is 5. The van der Waals surface area contributed by atoms with E-state index in [2.05, 4.69) is 5.32 Å². The van der Waals surface area contributed by atoms with Crippen molar-refractivity contribution in [2.75, 3.05) is 12.3 Å². The van der Waals surface area contributed by atoms with Crippen molar-refractivity contribution in [3.8, 4) is 0 Å². The molecule has 1 aromatic heterocycles. The van der Waals surface area contributed by atoms with Crippen molar-refractivity contribution in [3.05, 3.63) is 39.4 Å². The van der Waals surface area contributed by atoms with Crippen LogP contribution in [0.1, 0.15) is 66.9 Å². The second-order valence-electron chi connectivity index (χ2n) is 7.66. The number of anilines is 1. The van der Waals surface area contributed by atoms with Crippen LogP contribution in [0.2, 0.25) is 0 Å². The maximum Gasteiger partial charge on any atom is 0.341 e. The van der Waals surface area contributed by atoms with Crippen molar-refractivity contribution in [1.29, 1.82) is 0 Å². The molecule has 0 saturated heterocycles. The zero-order chi connectivity index (χ0) is 19.3. The molecule has 2 aliphatic rings. The molecule has 4 rings (SSSR count). The molecule has 2 saturated carbocycles. The number of nitrogens with zero attached hydrogens (tertiary/aromatic N) is 1. The van der Waals surface area contributed by atoms with Gasteiger partial charge in [0.05, 0.1) is 16.6 Å². The van der Waals surface area contributed by atoms with E-state index in [0.717, 1.165) is 38.6 Å². The number of halogens is 1. The van der Waals surface area contributed by atoms with E-state index >= 15 is 4.39 Å². The Bertz CT molecular complexity index is 981. The number of fused-ring (bicyclic) bond motifs is 1. The van der Waals surface area contributed by atoms with Gasteiger partial charge >= 0.3 is 5.97 Å². The number of carboxylic acid groups (broad SMARTS) is 1. The molecule has 0 radical (unpaired) electrons. The minimum atomic E-state index is -1.30. The second kappa shape index (κ2) is 6.64. The van der Waals surface area contributed by atoms with Crippen molar-refractivity contribution in [2.45, 2.75) is 57.0 Å². The highest BCUT2D eigenvalue weighted by molar-refractivity contribution is 5.97. The van der Waals surface area contributed by atoms with E-state index in [-0.39, 0.29) is 28.6 Å². The minimum Gasteiger partial charge on any atom is -0.477 e. The summed E-state index contributed by atoms with van der Waals surface area (Å²) in [4.78, 5) is 24.1. The lowest BCUT2D eigenvalue weighted by molar-refractivity contribution is 0.0695. The van der Waals surface area contributed by atoms with Crippen LogP contribution in [0.15, 0.2) is 17.1 Å². The van der Waals surface area contributed by atoms with Crippen molar-refractivity contribution in [3.63, 3.8) is 0 Å². The normalized spacial score (nSPS) is 22.4. The number of hydrogen-bond donors (Lipinski definition) is 3. The van der Waals surface area contributed by atoms with E-state index in [1.165, 1.54) is 12.3 Å². The first-order valence-electron chi connectivity index (χ1n) is 9.55. The average Bonchev–Trinajstić information content (AvgIpc) is 3.36. The third kappa shape index (κ3) is 3.00. The summed E-state index contributed by atoms with van der Waals surface area (Å²) in [6, 6.07) is 1.65. The van der Waals surface area contributed by atoms with Crippen LogP contribution in [0.3, 0.4) is 0 Å². The van der Waals surface area contributed by atoms with E-state index < -0.39 is 17.2 Å². The third-order valence-electron chi connectivity index (χ3n) is 5.85. The van der Waals surface area contributed by atoms with E-state index in [1.807, 2.05) is 6.92 Å². The zero-order valence-corrected chi connectivity index (χ0v) is 15.3. The quantitative estimate of drug-likeness (QED) is 0.700. The van der Waals surface area contributed by atoms with Gasteiger partial charge in [0.25, 0.3) is 0 Å². The van der Waals surface area contributed by atoms with Gasteiger partial charge in [0.1, 0.15) is 11.4 Å². The van der Waals surface area contributed by atoms with Crippen LogP contribution in [0.25, 0.3) is 10.9 Å². The standard InChI is InChI=1S/C20H24FN3O3/c1-2-23-11-4-3-10(7-11)16-15(21)8-13-18(17(16)22)24(12-5-6-12)9-14(19(13)25)20(26)27/h8-12,23H,2-7,22H2,1H3,(H,26,27). The van der Waals surface area contributed by atoms with Crippen LogP contribution in [0.5, 0.6) is 0 Å². The van der Waals surface area contributed by atoms with Crippen LogP contribution >= 0.6 is 0 Å². The predicted octanol–water partition coefficient (Wildman–Crippen LogP) is 3.00. The number of pyridine rings is 1. The molecule has 0 amide bonds. The van der Waals surface area contributed by atoms with Crippen molar-refractivity contribution in [1.82, 2.24) is 9.88 Å². The molecule has 2 unspecified atom stereocenters. The van der Waals surface area contributed by atoms with Gasteiger partial charge in [-0.2, -0.15) is 0 Å². The molecular formula is C20H24FN3O3. The number of carboxylic acids is 1. The summed E-state index contributed by atoms with van der Waals surface area (Å²) in [6.45, 7) is 2.92. The molecule has 1 aromatic carbocycles. The summed E-state index contributed by atoms with van der Waals surface area (Å²) in [6.07, 6.45) is 5.78. The summed E-state index contributed by atoms with van der Waals surface area (Å²) in [5.74, 6) is -1.81. The number of carbonyl (C=O) groups is 1. The fourth-order valence-electron chi connectivity index (χ4n) is 4.46. The summed E-state index contributed by atoms with van der Waals surface area (Å²) in [5, 5.41) is 12.8. The Balaban J connectivity index is 1.91. The lowest BCUT2D eigenvalue weighted by Crippen LogP contribution is -2.25. The topological polar surface area (TPSA) is 97.4 Å². The summed E-state index contributed by atoms with van der Waals surface area (Å²) >= 11 is 0. The van der Waals surface area contributed by atoms with Gasteiger partial charge in [0, 0.05) is 23.8 Å². The molecule has 0 spiro atoms. The van der Waals surface area contributed by atoms with Crippen molar-refractivity contribution >= 4 is 22.6 Å². The Labute approximate surface area is 156 Å². The molecule has 27 heavy (non-hydrogen) atoms. The fourth-order valence-corrected chi connectivity index (χ4v) is 4.46. The molecule has 4 N–H and O–H groups in total. The predicted molar refractivity (Wildman–Crippen MR) is 102 cm³/mol. The Morgan fingerprint density at radius 2 is 2.11 bits per heavy atom. The van der Waals surface area contributed by atoms with Gasteiger partial charge in [-0.1, -0.05) is 6.92 Å². The average molecular weight is 373 g/mol. The molecule has 0 aliphatic heterocycles. The van der Waals surface area contributed by atoms with Gasteiger partial charge in [0.2, 0.25) is 5.43 Å². The number of nitrogens with one attached hydrogen (secondary N) is 1. The van der Waals surface area contributed by atoms with Crippen LogP contribution < -0.4 is 16.5 Å². The van der Waals surface area contributed by atoms with E-state index in [1.54, 1.807) is 4.57 Å². The first kappa shape index (κ1) is 18.0. The zero-order valence-electron chi connectivity index (χ0n) is 15.3. The third-order valence-corrected chi connectivity index (χ3v) is 5.85. The Hall–Kier alpha value is -2.41. The smallest absolute Gasteiger partial charge is 0.341 e. The van der Waals surface area contributed by atoms with Crippen LogP contribution in [0, 0.1) is 5.82 Å². The molecular weight excluding hydrogens is 349 g/mol. The van der Waals surface area contributed by atoms with Crippen LogP contribution in [0.4, 0.5) is 10.1 Å². The molecule has 1 heterocycles. The Kier molecular flexibility index (Phi) is 4.42. The van der Waals surface area contributed by atoms with Crippen LogP contribution in [-0.2, 0) is 0 Å². The van der Waals surface area contributed by atoms with Gasteiger partial charge in [0.15, 0.2) is 0 Å². The van der Waals surface area contributed by atoms with E-state index in [9.17, 15) is 14.7 Å². The van der Waals surface area contributed by atoms with E-state index in [0.29, 0.717) is 17.1 Å². The molecule has 2 atom stereocenters. The summed E-state index contributed by atoms with van der Waals surface area (Å²) < 4.78 is 16.8. The molecule has 2 aliphatic carbocycles. The molecule has 144 valence electrons. The molecule has 7 heteroatoms. The Morgan fingerprint density at radius 3 is 2.74 bits per heavy atom. The monoisotopic (exact) mass is 373 g/mol. The molecule has 6 nitrogen and oxygen atoms in total. The van der Waals surface area contributed by atoms with E-state index in [4.69, 9.17) is 5.73 Å². The van der Waals surface area contributed by atoms with Gasteiger partial charge in [-0.25, -0.2) is 9.18 Å². The maximum absolute atomic E-state index is 15.0. The highest BCUT2D eigenvalue weighted by Crippen LogP contribution is 2.43. The SMILES string of the molecule is CCNC1CCC(c2c(F)cc3c(=O)c(C(=O)O)cn(C4CC4)c3c2N)C1. The second-order valence-corrected chi connectivity index (χ2v) is 7.66. The summed E-state index contributed by atoms with van der Waals surface area (Å²) in [5.41, 5.74) is 6.64. The first-order chi connectivity index (χ1) is 12.9. The van der Waals surface area contributed by atoms with Crippen molar-refractivity contribution in [2.24, 2.45) is 0 Å². The Morgan fingerprint density at radius 1 is 1.37 bits per heavy atom. The summed E-state index contributed by atoms with van der Waals surface area (Å²) in [7, 11) is 0. The largest absolute Gasteiger partial charge is 0.477 e.